The Morgan fingerprint density at radius 2 is 2.20 bits per heavy atom. The van der Waals surface area contributed by atoms with E-state index in [2.05, 4.69) is 15.1 Å². The lowest BCUT2D eigenvalue weighted by atomic mass is 10.1. The number of hydrogen-bond acceptors (Lipinski definition) is 6. The summed E-state index contributed by atoms with van der Waals surface area (Å²) < 4.78 is 14.9. The number of pyridine rings is 1. The number of carboxylic acids is 1. The molecule has 1 saturated heterocycles. The van der Waals surface area contributed by atoms with Gasteiger partial charge in [-0.2, -0.15) is 9.49 Å². The Labute approximate surface area is 141 Å². The van der Waals surface area contributed by atoms with Gasteiger partial charge in [-0.15, -0.1) is 0 Å². The van der Waals surface area contributed by atoms with E-state index in [0.717, 1.165) is 19.0 Å². The van der Waals surface area contributed by atoms with E-state index in [1.54, 1.807) is 12.3 Å². The summed E-state index contributed by atoms with van der Waals surface area (Å²) in [5, 5.41) is 23.3. The minimum atomic E-state index is -1.11. The summed E-state index contributed by atoms with van der Waals surface area (Å²) in [6.07, 6.45) is 5.53. The molecule has 9 heteroatoms. The minimum absolute atomic E-state index is 0.00963. The van der Waals surface area contributed by atoms with E-state index >= 15 is 0 Å². The monoisotopic (exact) mass is 343 g/mol. The molecule has 3 aromatic rings. The molecule has 0 radical (unpaired) electrons. The van der Waals surface area contributed by atoms with Gasteiger partial charge < -0.3 is 15.1 Å². The Morgan fingerprint density at radius 3 is 3.00 bits per heavy atom. The zero-order valence-corrected chi connectivity index (χ0v) is 13.0. The molecule has 128 valence electrons. The Balaban J connectivity index is 1.77. The summed E-state index contributed by atoms with van der Waals surface area (Å²) >= 11 is 0. The molecule has 4 rings (SSSR count). The zero-order chi connectivity index (χ0) is 17.6. The summed E-state index contributed by atoms with van der Waals surface area (Å²) in [4.78, 5) is 21.1. The summed E-state index contributed by atoms with van der Waals surface area (Å²) in [5.41, 5.74) is 0.690. The number of anilines is 1. The lowest BCUT2D eigenvalue weighted by molar-refractivity contribution is 0.0698. The van der Waals surface area contributed by atoms with Crippen molar-refractivity contribution in [3.63, 3.8) is 0 Å². The third-order valence-electron chi connectivity index (χ3n) is 4.37. The molecule has 1 unspecified atom stereocenters. The lowest BCUT2D eigenvalue weighted by Gasteiger charge is -2.26. The molecule has 0 aliphatic carbocycles. The molecule has 25 heavy (non-hydrogen) atoms. The van der Waals surface area contributed by atoms with Crippen molar-refractivity contribution in [1.82, 2.24) is 19.6 Å². The number of hydrogen-bond donors (Lipinski definition) is 2. The summed E-state index contributed by atoms with van der Waals surface area (Å²) in [5.74, 6) is -1.29. The fourth-order valence-corrected chi connectivity index (χ4v) is 3.24. The molecule has 1 atom stereocenters. The van der Waals surface area contributed by atoms with Crippen LogP contribution in [0.4, 0.5) is 10.2 Å². The van der Waals surface area contributed by atoms with Crippen molar-refractivity contribution in [3.8, 4) is 5.75 Å². The van der Waals surface area contributed by atoms with Gasteiger partial charge in [-0.3, -0.25) is 0 Å². The number of carboxylic acid groups (broad SMARTS) is 1. The molecule has 0 amide bonds. The van der Waals surface area contributed by atoms with E-state index in [-0.39, 0.29) is 23.0 Å². The Morgan fingerprint density at radius 1 is 1.36 bits per heavy atom. The normalized spacial score (nSPS) is 17.3. The molecule has 8 nitrogen and oxygen atoms in total. The van der Waals surface area contributed by atoms with E-state index in [9.17, 15) is 19.4 Å². The number of nitrogens with zero attached hydrogens (tertiary/aromatic N) is 5. The predicted molar refractivity (Wildman–Crippen MR) is 85.1 cm³/mol. The predicted octanol–water partition coefficient (Wildman–Crippen LogP) is 2.01. The maximum atomic E-state index is 13.5. The number of carbonyl (C=O) groups is 1. The quantitative estimate of drug-likeness (QED) is 0.701. The zero-order valence-electron chi connectivity index (χ0n) is 13.0. The van der Waals surface area contributed by atoms with Crippen molar-refractivity contribution in [1.29, 1.82) is 0 Å². The molecule has 4 heterocycles. The van der Waals surface area contributed by atoms with Crippen LogP contribution in [0, 0.1) is 5.95 Å². The Hall–Kier alpha value is -3.23. The average molecular weight is 343 g/mol. The van der Waals surface area contributed by atoms with Crippen LogP contribution in [0.2, 0.25) is 0 Å². The molecule has 2 N–H and O–H groups in total. The SMILES string of the molecule is O=C(O)c1cnn2ccc(N3CCCC3c3cc(F)ncc3O)nc12. The molecule has 0 spiro atoms. The van der Waals surface area contributed by atoms with E-state index in [1.807, 2.05) is 4.90 Å². The van der Waals surface area contributed by atoms with Crippen molar-refractivity contribution in [2.45, 2.75) is 18.9 Å². The van der Waals surface area contributed by atoms with Gasteiger partial charge in [0.15, 0.2) is 5.65 Å². The van der Waals surface area contributed by atoms with Crippen LogP contribution in [-0.2, 0) is 0 Å². The van der Waals surface area contributed by atoms with Gasteiger partial charge in [0, 0.05) is 24.4 Å². The van der Waals surface area contributed by atoms with E-state index < -0.39 is 11.9 Å². The Bertz CT molecular complexity index is 974. The van der Waals surface area contributed by atoms with Gasteiger partial charge in [-0.1, -0.05) is 0 Å². The van der Waals surface area contributed by atoms with Crippen molar-refractivity contribution in [2.24, 2.45) is 0 Å². The Kier molecular flexibility index (Phi) is 3.48. The first-order valence-corrected chi connectivity index (χ1v) is 7.73. The van der Waals surface area contributed by atoms with Gasteiger partial charge in [-0.25, -0.2) is 19.3 Å². The highest BCUT2D eigenvalue weighted by Crippen LogP contribution is 2.38. The molecule has 0 bridgehead atoms. The number of aromatic carboxylic acids is 1. The fraction of sp³-hybridized carbons (Fsp3) is 0.250. The highest BCUT2D eigenvalue weighted by atomic mass is 19.1. The molecular weight excluding hydrogens is 329 g/mol. The van der Waals surface area contributed by atoms with Gasteiger partial charge in [0.2, 0.25) is 5.95 Å². The lowest BCUT2D eigenvalue weighted by Crippen LogP contribution is -2.24. The highest BCUT2D eigenvalue weighted by molar-refractivity contribution is 5.94. The topological polar surface area (TPSA) is 104 Å². The summed E-state index contributed by atoms with van der Waals surface area (Å²) in [7, 11) is 0. The summed E-state index contributed by atoms with van der Waals surface area (Å²) in [6.45, 7) is 0.660. The van der Waals surface area contributed by atoms with Gasteiger partial charge in [0.05, 0.1) is 18.4 Å². The van der Waals surface area contributed by atoms with Gasteiger partial charge >= 0.3 is 5.97 Å². The second-order valence-electron chi connectivity index (χ2n) is 5.83. The van der Waals surface area contributed by atoms with E-state index in [1.165, 1.54) is 16.8 Å². The molecule has 1 fully saturated rings. The second-order valence-corrected chi connectivity index (χ2v) is 5.83. The van der Waals surface area contributed by atoms with Crippen LogP contribution in [0.15, 0.2) is 30.7 Å². The average Bonchev–Trinajstić information content (AvgIpc) is 3.22. The second kappa shape index (κ2) is 5.69. The molecule has 0 aromatic carbocycles. The van der Waals surface area contributed by atoms with Crippen LogP contribution < -0.4 is 4.90 Å². The van der Waals surface area contributed by atoms with Crippen LogP contribution in [-0.4, -0.2) is 42.3 Å². The first-order valence-electron chi connectivity index (χ1n) is 7.73. The standard InChI is InChI=1S/C16H14FN5O3/c17-13-6-9(12(23)8-18-13)11-2-1-4-21(11)14-3-5-22-15(20-14)10(7-19-22)16(24)25/h3,5-8,11,23H,1-2,4H2,(H,24,25). The van der Waals surface area contributed by atoms with Crippen molar-refractivity contribution in [2.75, 3.05) is 11.4 Å². The summed E-state index contributed by atoms with van der Waals surface area (Å²) in [6, 6.07) is 2.68. The van der Waals surface area contributed by atoms with Crippen LogP contribution in [0.25, 0.3) is 5.65 Å². The number of aromatic hydroxyl groups is 1. The number of halogens is 1. The third kappa shape index (κ3) is 2.53. The molecule has 3 aromatic heterocycles. The first kappa shape index (κ1) is 15.3. The van der Waals surface area contributed by atoms with Crippen LogP contribution >= 0.6 is 0 Å². The molecule has 1 aliphatic heterocycles. The van der Waals surface area contributed by atoms with Crippen molar-refractivity contribution >= 4 is 17.4 Å². The first-order chi connectivity index (χ1) is 12.0. The maximum absolute atomic E-state index is 13.5. The number of fused-ring (bicyclic) bond motifs is 1. The van der Waals surface area contributed by atoms with E-state index in [0.29, 0.717) is 17.9 Å². The third-order valence-corrected chi connectivity index (χ3v) is 4.37. The van der Waals surface area contributed by atoms with Crippen LogP contribution in [0.3, 0.4) is 0 Å². The maximum Gasteiger partial charge on any atom is 0.341 e. The molecule has 1 aliphatic rings. The number of rotatable bonds is 3. The van der Waals surface area contributed by atoms with Gasteiger partial charge in [-0.05, 0) is 18.9 Å². The van der Waals surface area contributed by atoms with E-state index in [4.69, 9.17) is 0 Å². The molecule has 0 saturated carbocycles. The smallest absolute Gasteiger partial charge is 0.341 e. The fourth-order valence-electron chi connectivity index (χ4n) is 3.24. The van der Waals surface area contributed by atoms with Gasteiger partial charge in [0.25, 0.3) is 0 Å². The minimum Gasteiger partial charge on any atom is -0.506 e. The van der Waals surface area contributed by atoms with Crippen molar-refractivity contribution < 1.29 is 19.4 Å². The highest BCUT2D eigenvalue weighted by Gasteiger charge is 2.30. The molecular formula is C16H14FN5O3. The van der Waals surface area contributed by atoms with Crippen LogP contribution in [0.5, 0.6) is 5.75 Å². The number of aromatic nitrogens is 4. The van der Waals surface area contributed by atoms with Gasteiger partial charge in [0.1, 0.15) is 17.1 Å². The van der Waals surface area contributed by atoms with Crippen molar-refractivity contribution in [3.05, 3.63) is 47.8 Å². The largest absolute Gasteiger partial charge is 0.506 e. The van der Waals surface area contributed by atoms with Crippen LogP contribution in [0.1, 0.15) is 34.8 Å².